The Balaban J connectivity index is 1.69. The molecule has 0 spiro atoms. The molecule has 150 valence electrons. The normalized spacial score (nSPS) is 20.3. The number of ether oxygens (including phenoxy) is 1. The standard InChI is InChI=1S/C20H30N2O4S/c1-22(17-9-4-3-5-10-17)27(24,25)18-11-6-8-16(14-18)21-19(23)15-20(26-2)12-7-13-20/h6,8,11,14,17H,3-5,7,9-10,12-13,15H2,1-2H3,(H,21,23). The summed E-state index contributed by atoms with van der Waals surface area (Å²) in [6, 6.07) is 6.59. The number of methoxy groups -OCH3 is 1. The largest absolute Gasteiger partial charge is 0.378 e. The summed E-state index contributed by atoms with van der Waals surface area (Å²) < 4.78 is 33.0. The first kappa shape index (κ1) is 20.3. The summed E-state index contributed by atoms with van der Waals surface area (Å²) in [6.07, 6.45) is 8.27. The Morgan fingerprint density at radius 3 is 2.52 bits per heavy atom. The maximum Gasteiger partial charge on any atom is 0.243 e. The Morgan fingerprint density at radius 2 is 1.93 bits per heavy atom. The van der Waals surface area contributed by atoms with E-state index >= 15 is 0 Å². The maximum absolute atomic E-state index is 13.0. The van der Waals surface area contributed by atoms with Crippen LogP contribution in [0, 0.1) is 0 Å². The van der Waals surface area contributed by atoms with E-state index in [9.17, 15) is 13.2 Å². The van der Waals surface area contributed by atoms with Gasteiger partial charge in [0.25, 0.3) is 0 Å². The van der Waals surface area contributed by atoms with Crippen LogP contribution in [0.1, 0.15) is 57.8 Å². The summed E-state index contributed by atoms with van der Waals surface area (Å²) in [5.74, 6) is -0.147. The van der Waals surface area contributed by atoms with Gasteiger partial charge in [-0.2, -0.15) is 4.31 Å². The molecule has 0 radical (unpaired) electrons. The maximum atomic E-state index is 13.0. The van der Waals surface area contributed by atoms with Gasteiger partial charge in [-0.15, -0.1) is 0 Å². The molecule has 1 N–H and O–H groups in total. The number of benzene rings is 1. The van der Waals surface area contributed by atoms with Gasteiger partial charge >= 0.3 is 0 Å². The van der Waals surface area contributed by atoms with Gasteiger partial charge in [0, 0.05) is 25.9 Å². The van der Waals surface area contributed by atoms with Crippen molar-refractivity contribution in [1.82, 2.24) is 4.31 Å². The number of sulfonamides is 1. The highest BCUT2D eigenvalue weighted by Crippen LogP contribution is 2.38. The summed E-state index contributed by atoms with van der Waals surface area (Å²) in [7, 11) is -0.271. The van der Waals surface area contributed by atoms with E-state index in [1.807, 2.05) is 0 Å². The van der Waals surface area contributed by atoms with Gasteiger partial charge in [0.15, 0.2) is 0 Å². The van der Waals surface area contributed by atoms with Crippen LogP contribution in [0.4, 0.5) is 5.69 Å². The van der Waals surface area contributed by atoms with Crippen LogP contribution < -0.4 is 5.32 Å². The molecule has 2 aliphatic rings. The minimum absolute atomic E-state index is 0.0576. The Hall–Kier alpha value is -1.44. The van der Waals surface area contributed by atoms with Crippen LogP contribution in [-0.2, 0) is 19.6 Å². The lowest BCUT2D eigenvalue weighted by atomic mass is 9.77. The van der Waals surface area contributed by atoms with E-state index in [1.165, 1.54) is 10.7 Å². The molecule has 2 aliphatic carbocycles. The van der Waals surface area contributed by atoms with Crippen LogP contribution >= 0.6 is 0 Å². The Labute approximate surface area is 162 Å². The van der Waals surface area contributed by atoms with Crippen molar-refractivity contribution in [1.29, 1.82) is 0 Å². The molecule has 1 aromatic rings. The molecule has 7 heteroatoms. The molecule has 0 aromatic heterocycles. The second kappa shape index (κ2) is 8.29. The topological polar surface area (TPSA) is 75.7 Å². The molecule has 2 saturated carbocycles. The lowest BCUT2D eigenvalue weighted by molar-refractivity contribution is -0.129. The van der Waals surface area contributed by atoms with Crippen molar-refractivity contribution < 1.29 is 17.9 Å². The van der Waals surface area contributed by atoms with Crippen LogP contribution in [0.3, 0.4) is 0 Å². The van der Waals surface area contributed by atoms with Crippen molar-refractivity contribution >= 4 is 21.6 Å². The Kier molecular flexibility index (Phi) is 6.23. The number of hydrogen-bond acceptors (Lipinski definition) is 4. The summed E-state index contributed by atoms with van der Waals surface area (Å²) in [6.45, 7) is 0. The Bertz CT molecular complexity index is 762. The first-order valence-electron chi connectivity index (χ1n) is 9.79. The summed E-state index contributed by atoms with van der Waals surface area (Å²) >= 11 is 0. The number of anilines is 1. The minimum atomic E-state index is -3.57. The lowest BCUT2D eigenvalue weighted by Gasteiger charge is -2.39. The Morgan fingerprint density at radius 1 is 1.22 bits per heavy atom. The molecule has 0 aliphatic heterocycles. The number of amides is 1. The van der Waals surface area contributed by atoms with Gasteiger partial charge in [0.2, 0.25) is 15.9 Å². The SMILES string of the molecule is COC1(CC(=O)Nc2cccc(S(=O)(=O)N(C)C3CCCCC3)c2)CCC1. The van der Waals surface area contributed by atoms with E-state index in [-0.39, 0.29) is 22.4 Å². The molecule has 1 amide bonds. The van der Waals surface area contributed by atoms with E-state index in [4.69, 9.17) is 4.74 Å². The van der Waals surface area contributed by atoms with Crippen LogP contribution in [0.2, 0.25) is 0 Å². The number of nitrogens with zero attached hydrogens (tertiary/aromatic N) is 1. The number of nitrogens with one attached hydrogen (secondary N) is 1. The molecule has 0 unspecified atom stereocenters. The smallest absolute Gasteiger partial charge is 0.243 e. The van der Waals surface area contributed by atoms with E-state index in [0.29, 0.717) is 12.1 Å². The summed E-state index contributed by atoms with van der Waals surface area (Å²) in [5, 5.41) is 2.83. The monoisotopic (exact) mass is 394 g/mol. The fraction of sp³-hybridized carbons (Fsp3) is 0.650. The van der Waals surface area contributed by atoms with Crippen molar-refractivity contribution in [2.24, 2.45) is 0 Å². The van der Waals surface area contributed by atoms with Gasteiger partial charge in [-0.1, -0.05) is 25.3 Å². The van der Waals surface area contributed by atoms with Crippen LogP contribution in [-0.4, -0.2) is 44.4 Å². The third-order valence-corrected chi connectivity index (χ3v) is 7.97. The molecule has 6 nitrogen and oxygen atoms in total. The molecule has 0 heterocycles. The molecule has 1 aromatic carbocycles. The zero-order chi connectivity index (χ0) is 19.5. The first-order valence-corrected chi connectivity index (χ1v) is 11.2. The van der Waals surface area contributed by atoms with Crippen LogP contribution in [0.25, 0.3) is 0 Å². The molecule has 0 atom stereocenters. The van der Waals surface area contributed by atoms with E-state index in [1.54, 1.807) is 38.4 Å². The number of hydrogen-bond donors (Lipinski definition) is 1. The number of carbonyl (C=O) groups is 1. The third-order valence-electron chi connectivity index (χ3n) is 6.06. The molecule has 27 heavy (non-hydrogen) atoms. The van der Waals surface area contributed by atoms with Crippen LogP contribution in [0.5, 0.6) is 0 Å². The van der Waals surface area contributed by atoms with Crippen molar-refractivity contribution in [3.05, 3.63) is 24.3 Å². The fourth-order valence-corrected chi connectivity index (χ4v) is 5.53. The number of carbonyl (C=O) groups excluding carboxylic acids is 1. The van der Waals surface area contributed by atoms with Gasteiger partial charge in [-0.05, 0) is 50.3 Å². The van der Waals surface area contributed by atoms with Crippen molar-refractivity contribution in [3.63, 3.8) is 0 Å². The second-order valence-electron chi connectivity index (χ2n) is 7.81. The molecular formula is C20H30N2O4S. The zero-order valence-corrected chi connectivity index (χ0v) is 17.1. The van der Waals surface area contributed by atoms with Gasteiger partial charge in [0.05, 0.1) is 16.9 Å². The highest BCUT2D eigenvalue weighted by molar-refractivity contribution is 7.89. The van der Waals surface area contributed by atoms with Crippen molar-refractivity contribution in [2.75, 3.05) is 19.5 Å². The predicted molar refractivity (Wildman–Crippen MR) is 105 cm³/mol. The van der Waals surface area contributed by atoms with E-state index < -0.39 is 10.0 Å². The van der Waals surface area contributed by atoms with Gasteiger partial charge < -0.3 is 10.1 Å². The van der Waals surface area contributed by atoms with Gasteiger partial charge in [0.1, 0.15) is 0 Å². The highest BCUT2D eigenvalue weighted by Gasteiger charge is 2.39. The molecular weight excluding hydrogens is 364 g/mol. The average molecular weight is 395 g/mol. The molecule has 2 fully saturated rings. The molecule has 3 rings (SSSR count). The summed E-state index contributed by atoms with van der Waals surface area (Å²) in [5.41, 5.74) is 0.151. The highest BCUT2D eigenvalue weighted by atomic mass is 32.2. The number of rotatable bonds is 7. The van der Waals surface area contributed by atoms with Crippen molar-refractivity contribution in [2.45, 2.75) is 74.3 Å². The summed E-state index contributed by atoms with van der Waals surface area (Å²) in [4.78, 5) is 12.6. The van der Waals surface area contributed by atoms with Gasteiger partial charge in [-0.25, -0.2) is 8.42 Å². The molecule has 0 bridgehead atoms. The third kappa shape index (κ3) is 4.52. The fourth-order valence-electron chi connectivity index (χ4n) is 4.06. The second-order valence-corrected chi connectivity index (χ2v) is 9.80. The zero-order valence-electron chi connectivity index (χ0n) is 16.2. The van der Waals surface area contributed by atoms with E-state index in [2.05, 4.69) is 5.32 Å². The lowest BCUT2D eigenvalue weighted by Crippen LogP contribution is -2.42. The average Bonchev–Trinajstić information content (AvgIpc) is 2.65. The van der Waals surface area contributed by atoms with E-state index in [0.717, 1.165) is 44.9 Å². The quantitative estimate of drug-likeness (QED) is 0.767. The van der Waals surface area contributed by atoms with Crippen molar-refractivity contribution in [3.8, 4) is 0 Å². The minimum Gasteiger partial charge on any atom is -0.378 e. The van der Waals surface area contributed by atoms with Gasteiger partial charge in [-0.3, -0.25) is 4.79 Å². The van der Waals surface area contributed by atoms with Crippen LogP contribution in [0.15, 0.2) is 29.2 Å². The first-order chi connectivity index (χ1) is 12.9. The predicted octanol–water partition coefficient (Wildman–Crippen LogP) is 3.54. The molecule has 0 saturated heterocycles.